The molecule has 2 N–H and O–H groups in total. The Balaban J connectivity index is 1.35. The van der Waals surface area contributed by atoms with Gasteiger partial charge in [0.25, 0.3) is 0 Å². The molecule has 4 rings (SSSR count). The van der Waals surface area contributed by atoms with Crippen LogP contribution in [0.15, 0.2) is 59.1 Å². The number of piperazine rings is 1. The highest BCUT2D eigenvalue weighted by molar-refractivity contribution is 5.83. The van der Waals surface area contributed by atoms with E-state index in [1.165, 1.54) is 24.1 Å². The number of carbonyl (C=O) groups excluding carboxylic acids is 3. The molecule has 3 amide bonds. The lowest BCUT2D eigenvalue weighted by molar-refractivity contribution is -0.135. The number of nitrogens with zero attached hydrogens (tertiary/aromatic N) is 3. The number of rotatable bonds is 11. The molecule has 12 heteroatoms. The molecular formula is C29H33F2N5O5. The monoisotopic (exact) mass is 569 g/mol. The number of halogens is 2. The molecule has 1 saturated heterocycles. The van der Waals surface area contributed by atoms with Gasteiger partial charge in [-0.3, -0.25) is 14.9 Å². The minimum absolute atomic E-state index is 0.00419. The van der Waals surface area contributed by atoms with E-state index in [1.807, 2.05) is 30.3 Å². The lowest BCUT2D eigenvalue weighted by atomic mass is 10.1. The normalized spacial score (nSPS) is 13.9. The first-order valence-electron chi connectivity index (χ1n) is 13.4. The van der Waals surface area contributed by atoms with Crippen molar-refractivity contribution in [2.24, 2.45) is 0 Å². The molecule has 3 aromatic rings. The first kappa shape index (κ1) is 29.7. The van der Waals surface area contributed by atoms with E-state index < -0.39 is 23.8 Å². The highest BCUT2D eigenvalue weighted by atomic mass is 19.2. The number of aromatic nitrogens is 1. The van der Waals surface area contributed by atoms with E-state index in [9.17, 15) is 23.2 Å². The van der Waals surface area contributed by atoms with Gasteiger partial charge >= 0.3 is 6.09 Å². The number of amides is 3. The summed E-state index contributed by atoms with van der Waals surface area (Å²) in [5.74, 6) is -2.29. The van der Waals surface area contributed by atoms with Gasteiger partial charge in [0.2, 0.25) is 17.7 Å². The average Bonchev–Trinajstić information content (AvgIpc) is 3.46. The van der Waals surface area contributed by atoms with Gasteiger partial charge in [0, 0.05) is 57.7 Å². The zero-order chi connectivity index (χ0) is 29.2. The second kappa shape index (κ2) is 14.4. The topological polar surface area (TPSA) is 117 Å². The summed E-state index contributed by atoms with van der Waals surface area (Å²) in [6.07, 6.45) is -0.523. The van der Waals surface area contributed by atoms with E-state index in [1.54, 1.807) is 11.0 Å². The van der Waals surface area contributed by atoms with Gasteiger partial charge in [-0.05, 0) is 24.5 Å². The Hall–Kier alpha value is -4.32. The van der Waals surface area contributed by atoms with Crippen LogP contribution in [0.3, 0.4) is 0 Å². The molecule has 0 radical (unpaired) electrons. The van der Waals surface area contributed by atoms with Crippen molar-refractivity contribution < 1.29 is 32.4 Å². The number of hydrogen-bond acceptors (Lipinski definition) is 7. The molecule has 218 valence electrons. The SMILES string of the molecule is CN(C(=O)CCc1cccc(F)c1F)[C@@H](CCC(=O)N1CCNCC1)COC(=O)Nc1cc(-c2ccccc2)no1. The van der Waals surface area contributed by atoms with Crippen LogP contribution >= 0.6 is 0 Å². The van der Waals surface area contributed by atoms with Crippen LogP contribution in [-0.4, -0.2) is 78.7 Å². The molecule has 1 aliphatic heterocycles. The van der Waals surface area contributed by atoms with Crippen molar-refractivity contribution in [3.8, 4) is 11.3 Å². The van der Waals surface area contributed by atoms with E-state index >= 15 is 0 Å². The molecule has 0 unspecified atom stereocenters. The minimum Gasteiger partial charge on any atom is -0.447 e. The van der Waals surface area contributed by atoms with Crippen molar-refractivity contribution in [1.29, 1.82) is 0 Å². The van der Waals surface area contributed by atoms with Gasteiger partial charge in [0.15, 0.2) is 11.6 Å². The van der Waals surface area contributed by atoms with Crippen LogP contribution in [0.2, 0.25) is 0 Å². The molecule has 41 heavy (non-hydrogen) atoms. The summed E-state index contributed by atoms with van der Waals surface area (Å²) in [5.41, 5.74) is 1.44. The molecule has 2 aromatic carbocycles. The Labute approximate surface area is 236 Å². The predicted molar refractivity (Wildman–Crippen MR) is 147 cm³/mol. The number of anilines is 1. The smallest absolute Gasteiger partial charge is 0.414 e. The summed E-state index contributed by atoms with van der Waals surface area (Å²) >= 11 is 0. The van der Waals surface area contributed by atoms with Crippen molar-refractivity contribution in [2.75, 3.05) is 45.2 Å². The molecule has 0 bridgehead atoms. The number of ether oxygens (including phenoxy) is 1. The number of hydrogen-bond donors (Lipinski definition) is 2. The maximum absolute atomic E-state index is 14.1. The van der Waals surface area contributed by atoms with Crippen LogP contribution in [0.1, 0.15) is 24.8 Å². The minimum atomic E-state index is -0.982. The van der Waals surface area contributed by atoms with Gasteiger partial charge < -0.3 is 24.4 Å². The number of aryl methyl sites for hydroxylation is 1. The predicted octanol–water partition coefficient (Wildman–Crippen LogP) is 3.84. The van der Waals surface area contributed by atoms with Gasteiger partial charge in [-0.25, -0.2) is 13.6 Å². The van der Waals surface area contributed by atoms with E-state index in [0.29, 0.717) is 31.9 Å². The number of nitrogens with one attached hydrogen (secondary N) is 2. The summed E-state index contributed by atoms with van der Waals surface area (Å²) in [7, 11) is 1.54. The van der Waals surface area contributed by atoms with Crippen molar-refractivity contribution in [2.45, 2.75) is 31.7 Å². The van der Waals surface area contributed by atoms with E-state index in [4.69, 9.17) is 9.26 Å². The Morgan fingerprint density at radius 1 is 1.10 bits per heavy atom. The molecule has 0 spiro atoms. The van der Waals surface area contributed by atoms with Gasteiger partial charge in [0.1, 0.15) is 12.3 Å². The van der Waals surface area contributed by atoms with Gasteiger partial charge in [-0.15, -0.1) is 0 Å². The van der Waals surface area contributed by atoms with Crippen LogP contribution in [-0.2, 0) is 20.7 Å². The first-order valence-corrected chi connectivity index (χ1v) is 13.4. The molecular weight excluding hydrogens is 536 g/mol. The van der Waals surface area contributed by atoms with Crippen LogP contribution in [0.4, 0.5) is 19.5 Å². The third-order valence-corrected chi connectivity index (χ3v) is 6.95. The second-order valence-corrected chi connectivity index (χ2v) is 9.71. The third-order valence-electron chi connectivity index (χ3n) is 6.95. The highest BCUT2D eigenvalue weighted by Crippen LogP contribution is 2.21. The molecule has 1 fully saturated rings. The Morgan fingerprint density at radius 3 is 2.61 bits per heavy atom. The van der Waals surface area contributed by atoms with Crippen LogP contribution in [0.25, 0.3) is 11.3 Å². The highest BCUT2D eigenvalue weighted by Gasteiger charge is 2.25. The fraction of sp³-hybridized carbons (Fsp3) is 0.379. The van der Waals surface area contributed by atoms with E-state index in [0.717, 1.165) is 11.6 Å². The fourth-order valence-corrected chi connectivity index (χ4v) is 4.50. The second-order valence-electron chi connectivity index (χ2n) is 9.71. The zero-order valence-corrected chi connectivity index (χ0v) is 22.8. The van der Waals surface area contributed by atoms with Crippen molar-refractivity contribution in [3.05, 3.63) is 71.8 Å². The van der Waals surface area contributed by atoms with Crippen LogP contribution < -0.4 is 10.6 Å². The summed E-state index contributed by atoms with van der Waals surface area (Å²) in [6.45, 7) is 2.41. The van der Waals surface area contributed by atoms with Crippen molar-refractivity contribution in [1.82, 2.24) is 20.3 Å². The Bertz CT molecular complexity index is 1330. The Kier molecular flexibility index (Phi) is 10.4. The van der Waals surface area contributed by atoms with Gasteiger partial charge in [-0.2, -0.15) is 0 Å². The number of benzene rings is 2. The average molecular weight is 570 g/mol. The summed E-state index contributed by atoms with van der Waals surface area (Å²) in [5, 5.41) is 9.61. The first-order chi connectivity index (χ1) is 19.8. The van der Waals surface area contributed by atoms with E-state index in [2.05, 4.69) is 15.8 Å². The summed E-state index contributed by atoms with van der Waals surface area (Å²) in [6, 6.07) is 14.0. The number of likely N-dealkylation sites (N-methyl/N-ethyl adjacent to an activating group) is 1. The number of carbonyl (C=O) groups is 3. The van der Waals surface area contributed by atoms with Crippen molar-refractivity contribution >= 4 is 23.8 Å². The maximum Gasteiger partial charge on any atom is 0.414 e. The maximum atomic E-state index is 14.1. The Morgan fingerprint density at radius 2 is 1.85 bits per heavy atom. The van der Waals surface area contributed by atoms with E-state index in [-0.39, 0.29) is 55.6 Å². The zero-order valence-electron chi connectivity index (χ0n) is 22.8. The lowest BCUT2D eigenvalue weighted by Crippen LogP contribution is -2.47. The van der Waals surface area contributed by atoms with Gasteiger partial charge in [-0.1, -0.05) is 47.6 Å². The van der Waals surface area contributed by atoms with Gasteiger partial charge in [0.05, 0.1) is 6.04 Å². The molecule has 1 aliphatic rings. The largest absolute Gasteiger partial charge is 0.447 e. The lowest BCUT2D eigenvalue weighted by Gasteiger charge is -2.30. The quantitative estimate of drug-likeness (QED) is 0.360. The van der Waals surface area contributed by atoms with Crippen molar-refractivity contribution in [3.63, 3.8) is 0 Å². The summed E-state index contributed by atoms with van der Waals surface area (Å²) < 4.78 is 38.2. The molecule has 2 heterocycles. The standard InChI is InChI=1S/C29H33F2N5O5/c1-35(26(37)12-10-21-8-5-9-23(30)28(21)31)22(11-13-27(38)36-16-14-32-15-17-36)19-40-29(39)33-25-18-24(34-41-25)20-6-3-2-4-7-20/h2-9,18,22,32H,10-17,19H2,1H3,(H,33,39)/t22-/m0/s1. The molecule has 1 aromatic heterocycles. The summed E-state index contributed by atoms with van der Waals surface area (Å²) in [4.78, 5) is 41.4. The fourth-order valence-electron chi connectivity index (χ4n) is 4.50. The molecule has 10 nitrogen and oxygen atoms in total. The molecule has 1 atom stereocenters. The molecule has 0 aliphatic carbocycles. The molecule has 0 saturated carbocycles. The van der Waals surface area contributed by atoms with Crippen LogP contribution in [0.5, 0.6) is 0 Å². The third kappa shape index (κ3) is 8.34. The van der Waals surface area contributed by atoms with Crippen LogP contribution in [0, 0.1) is 11.6 Å².